The first kappa shape index (κ1) is 14.3. The van der Waals surface area contributed by atoms with Crippen LogP contribution in [-0.2, 0) is 9.84 Å². The summed E-state index contributed by atoms with van der Waals surface area (Å²) >= 11 is 0. The number of nitrogens with zero attached hydrogens (tertiary/aromatic N) is 1. The second-order valence-corrected chi connectivity index (χ2v) is 8.15. The van der Waals surface area contributed by atoms with Crippen LogP contribution in [0.15, 0.2) is 0 Å². The summed E-state index contributed by atoms with van der Waals surface area (Å²) in [5, 5.41) is 10.00. The highest BCUT2D eigenvalue weighted by atomic mass is 32.2. The zero-order valence-corrected chi connectivity index (χ0v) is 12.0. The maximum atomic E-state index is 11.1. The summed E-state index contributed by atoms with van der Waals surface area (Å²) in [6, 6.07) is 0.488. The van der Waals surface area contributed by atoms with Crippen molar-refractivity contribution >= 4 is 9.84 Å². The molecule has 0 aromatic heterocycles. The van der Waals surface area contributed by atoms with Crippen LogP contribution in [0, 0.1) is 5.92 Å². The SMILES string of the molecule is CS(=O)(=O)CCCN1CCCC1C1CCCC1O. The molecule has 2 rings (SSSR count). The highest BCUT2D eigenvalue weighted by Crippen LogP contribution is 2.35. The van der Waals surface area contributed by atoms with Gasteiger partial charge < -0.3 is 5.11 Å². The Labute approximate surface area is 110 Å². The van der Waals surface area contributed by atoms with Gasteiger partial charge in [0.05, 0.1) is 11.9 Å². The van der Waals surface area contributed by atoms with Crippen LogP contribution in [0.4, 0.5) is 0 Å². The highest BCUT2D eigenvalue weighted by molar-refractivity contribution is 7.90. The maximum Gasteiger partial charge on any atom is 0.147 e. The Hall–Kier alpha value is -0.130. The number of hydrogen-bond acceptors (Lipinski definition) is 4. The number of sulfone groups is 1. The minimum absolute atomic E-state index is 0.134. The van der Waals surface area contributed by atoms with E-state index in [1.54, 1.807) is 0 Å². The number of likely N-dealkylation sites (tertiary alicyclic amines) is 1. The molecule has 0 amide bonds. The lowest BCUT2D eigenvalue weighted by molar-refractivity contribution is 0.0748. The molecule has 1 saturated carbocycles. The first-order valence-electron chi connectivity index (χ1n) is 7.07. The van der Waals surface area contributed by atoms with Gasteiger partial charge in [-0.25, -0.2) is 8.42 Å². The molecule has 1 aliphatic carbocycles. The van der Waals surface area contributed by atoms with Gasteiger partial charge >= 0.3 is 0 Å². The molecular formula is C13H25NO3S. The highest BCUT2D eigenvalue weighted by Gasteiger charge is 2.37. The molecule has 5 heteroatoms. The normalized spacial score (nSPS) is 34.2. The van der Waals surface area contributed by atoms with E-state index in [4.69, 9.17) is 0 Å². The van der Waals surface area contributed by atoms with Crippen molar-refractivity contribution in [2.45, 2.75) is 50.7 Å². The molecule has 0 aromatic carbocycles. The van der Waals surface area contributed by atoms with Crippen molar-refractivity contribution in [3.05, 3.63) is 0 Å². The fourth-order valence-corrected chi connectivity index (χ4v) is 4.22. The molecular weight excluding hydrogens is 250 g/mol. The van der Waals surface area contributed by atoms with Gasteiger partial charge in [-0.05, 0) is 45.2 Å². The third-order valence-electron chi connectivity index (χ3n) is 4.40. The van der Waals surface area contributed by atoms with Crippen molar-refractivity contribution in [2.24, 2.45) is 5.92 Å². The predicted molar refractivity (Wildman–Crippen MR) is 72.3 cm³/mol. The quantitative estimate of drug-likeness (QED) is 0.815. The van der Waals surface area contributed by atoms with E-state index in [-0.39, 0.29) is 11.9 Å². The Morgan fingerprint density at radius 2 is 2.00 bits per heavy atom. The van der Waals surface area contributed by atoms with Crippen molar-refractivity contribution < 1.29 is 13.5 Å². The average Bonchev–Trinajstić information content (AvgIpc) is 2.84. The molecule has 18 heavy (non-hydrogen) atoms. The van der Waals surface area contributed by atoms with Crippen molar-refractivity contribution in [3.8, 4) is 0 Å². The largest absolute Gasteiger partial charge is 0.393 e. The van der Waals surface area contributed by atoms with Gasteiger partial charge in [0.1, 0.15) is 9.84 Å². The van der Waals surface area contributed by atoms with E-state index >= 15 is 0 Å². The van der Waals surface area contributed by atoms with Crippen molar-refractivity contribution in [2.75, 3.05) is 25.1 Å². The van der Waals surface area contributed by atoms with Gasteiger partial charge in [0.2, 0.25) is 0 Å². The summed E-state index contributed by atoms with van der Waals surface area (Å²) < 4.78 is 22.3. The first-order chi connectivity index (χ1) is 8.47. The van der Waals surface area contributed by atoms with Gasteiger partial charge in [-0.15, -0.1) is 0 Å². The second kappa shape index (κ2) is 5.88. The zero-order valence-electron chi connectivity index (χ0n) is 11.2. The van der Waals surface area contributed by atoms with Gasteiger partial charge in [-0.1, -0.05) is 6.42 Å². The Balaban J connectivity index is 1.84. The molecule has 1 aliphatic heterocycles. The van der Waals surface area contributed by atoms with Crippen LogP contribution in [0.5, 0.6) is 0 Å². The zero-order chi connectivity index (χ0) is 13.2. The molecule has 2 fully saturated rings. The van der Waals surface area contributed by atoms with Gasteiger partial charge in [0, 0.05) is 18.2 Å². The Morgan fingerprint density at radius 1 is 1.22 bits per heavy atom. The average molecular weight is 275 g/mol. The molecule has 106 valence electrons. The van der Waals surface area contributed by atoms with Gasteiger partial charge in [0.25, 0.3) is 0 Å². The minimum Gasteiger partial charge on any atom is -0.393 e. The van der Waals surface area contributed by atoms with E-state index in [9.17, 15) is 13.5 Å². The van der Waals surface area contributed by atoms with Crippen LogP contribution < -0.4 is 0 Å². The van der Waals surface area contributed by atoms with E-state index in [1.807, 2.05) is 0 Å². The number of rotatable bonds is 5. The molecule has 1 N–H and O–H groups in total. The van der Waals surface area contributed by atoms with Gasteiger partial charge in [-0.3, -0.25) is 4.90 Å². The molecule has 0 aromatic rings. The molecule has 0 spiro atoms. The van der Waals surface area contributed by atoms with Crippen LogP contribution in [0.3, 0.4) is 0 Å². The summed E-state index contributed by atoms with van der Waals surface area (Å²) in [5.41, 5.74) is 0. The Bertz CT molecular complexity index is 368. The molecule has 0 bridgehead atoms. The number of hydrogen-bond donors (Lipinski definition) is 1. The van der Waals surface area contributed by atoms with Crippen molar-refractivity contribution in [1.82, 2.24) is 4.90 Å². The van der Waals surface area contributed by atoms with E-state index in [2.05, 4.69) is 4.90 Å². The summed E-state index contributed by atoms with van der Waals surface area (Å²) in [6.45, 7) is 1.93. The lowest BCUT2D eigenvalue weighted by Crippen LogP contribution is -2.39. The van der Waals surface area contributed by atoms with Crippen LogP contribution in [0.2, 0.25) is 0 Å². The summed E-state index contributed by atoms with van der Waals surface area (Å²) in [4.78, 5) is 2.41. The molecule has 2 aliphatic rings. The summed E-state index contributed by atoms with van der Waals surface area (Å²) in [7, 11) is -2.84. The standard InChI is InChI=1S/C13H25NO3S/c1-18(16,17)10-4-9-14-8-3-6-12(14)11-5-2-7-13(11)15/h11-13,15H,2-10H2,1H3. The molecule has 0 radical (unpaired) electrons. The number of aliphatic hydroxyl groups is 1. The predicted octanol–water partition coefficient (Wildman–Crippen LogP) is 1.05. The summed E-state index contributed by atoms with van der Waals surface area (Å²) in [5.74, 6) is 0.703. The fourth-order valence-electron chi connectivity index (χ4n) is 3.56. The van der Waals surface area contributed by atoms with Gasteiger partial charge in [-0.2, -0.15) is 0 Å². The molecule has 4 nitrogen and oxygen atoms in total. The topological polar surface area (TPSA) is 57.6 Å². The van der Waals surface area contributed by atoms with Gasteiger partial charge in [0.15, 0.2) is 0 Å². The van der Waals surface area contributed by atoms with E-state index < -0.39 is 9.84 Å². The Morgan fingerprint density at radius 3 is 2.61 bits per heavy atom. The first-order valence-corrected chi connectivity index (χ1v) is 9.13. The second-order valence-electron chi connectivity index (χ2n) is 5.89. The molecule has 1 saturated heterocycles. The van der Waals surface area contributed by atoms with Crippen LogP contribution in [0.1, 0.15) is 38.5 Å². The minimum atomic E-state index is -2.84. The Kier molecular flexibility index (Phi) is 4.67. The third-order valence-corrected chi connectivity index (χ3v) is 5.43. The third kappa shape index (κ3) is 3.68. The lowest BCUT2D eigenvalue weighted by Gasteiger charge is -2.31. The summed E-state index contributed by atoms with van der Waals surface area (Å²) in [6.07, 6.45) is 7.46. The van der Waals surface area contributed by atoms with E-state index in [0.29, 0.717) is 12.0 Å². The lowest BCUT2D eigenvalue weighted by atomic mass is 9.94. The monoisotopic (exact) mass is 275 g/mol. The van der Waals surface area contributed by atoms with Crippen LogP contribution in [-0.4, -0.2) is 55.7 Å². The number of aliphatic hydroxyl groups excluding tert-OH is 1. The van der Waals surface area contributed by atoms with E-state index in [0.717, 1.165) is 38.8 Å². The molecule has 1 heterocycles. The maximum absolute atomic E-state index is 11.1. The van der Waals surface area contributed by atoms with Crippen LogP contribution in [0.25, 0.3) is 0 Å². The molecule has 3 atom stereocenters. The van der Waals surface area contributed by atoms with Crippen molar-refractivity contribution in [3.63, 3.8) is 0 Å². The van der Waals surface area contributed by atoms with E-state index in [1.165, 1.54) is 19.1 Å². The smallest absolute Gasteiger partial charge is 0.147 e. The van der Waals surface area contributed by atoms with Crippen molar-refractivity contribution in [1.29, 1.82) is 0 Å². The fraction of sp³-hybridized carbons (Fsp3) is 1.00. The van der Waals surface area contributed by atoms with Crippen LogP contribution >= 0.6 is 0 Å². The molecule has 3 unspecified atom stereocenters.